The maximum Gasteiger partial charge on any atom is 0.242 e. The number of benzene rings is 2. The molecule has 1 atom stereocenters. The van der Waals surface area contributed by atoms with Crippen molar-refractivity contribution in [3.63, 3.8) is 0 Å². The molecule has 5 heteroatoms. The predicted octanol–water partition coefficient (Wildman–Crippen LogP) is 4.49. The zero-order valence-electron chi connectivity index (χ0n) is 18.4. The number of nitrogens with one attached hydrogen (secondary N) is 1. The Morgan fingerprint density at radius 3 is 2.50 bits per heavy atom. The third-order valence-corrected chi connectivity index (χ3v) is 4.92. The van der Waals surface area contributed by atoms with Gasteiger partial charge in [-0.25, -0.2) is 0 Å². The van der Waals surface area contributed by atoms with Crippen LogP contribution in [0.3, 0.4) is 0 Å². The van der Waals surface area contributed by atoms with Crippen molar-refractivity contribution in [2.75, 3.05) is 13.2 Å². The molecule has 0 saturated carbocycles. The number of hydrogen-bond acceptors (Lipinski definition) is 3. The fraction of sp³-hybridized carbons (Fsp3) is 0.440. The Morgan fingerprint density at radius 1 is 1.07 bits per heavy atom. The van der Waals surface area contributed by atoms with Crippen LogP contribution in [-0.2, 0) is 16.1 Å². The maximum atomic E-state index is 13.1. The van der Waals surface area contributed by atoms with Gasteiger partial charge in [0.25, 0.3) is 0 Å². The highest BCUT2D eigenvalue weighted by molar-refractivity contribution is 5.87. The topological polar surface area (TPSA) is 58.6 Å². The predicted molar refractivity (Wildman–Crippen MR) is 120 cm³/mol. The van der Waals surface area contributed by atoms with Gasteiger partial charge >= 0.3 is 0 Å². The molecule has 0 bridgehead atoms. The average molecular weight is 411 g/mol. The van der Waals surface area contributed by atoms with Crippen LogP contribution in [0, 0.1) is 6.92 Å². The lowest BCUT2D eigenvalue weighted by Crippen LogP contribution is -2.49. The van der Waals surface area contributed by atoms with Crippen molar-refractivity contribution < 1.29 is 14.3 Å². The molecule has 2 aromatic carbocycles. The van der Waals surface area contributed by atoms with Crippen LogP contribution in [0.2, 0.25) is 0 Å². The van der Waals surface area contributed by atoms with Crippen LogP contribution in [-0.4, -0.2) is 35.9 Å². The van der Waals surface area contributed by atoms with Crippen molar-refractivity contribution in [3.8, 4) is 5.75 Å². The lowest BCUT2D eigenvalue weighted by molar-refractivity contribution is -0.141. The number of rotatable bonds is 12. The molecule has 0 spiro atoms. The van der Waals surface area contributed by atoms with Crippen LogP contribution in [0.5, 0.6) is 5.75 Å². The van der Waals surface area contributed by atoms with E-state index in [1.54, 1.807) is 4.90 Å². The number of hydrogen-bond donors (Lipinski definition) is 1. The molecule has 0 aromatic heterocycles. The third-order valence-electron chi connectivity index (χ3n) is 4.92. The minimum Gasteiger partial charge on any atom is -0.494 e. The maximum absolute atomic E-state index is 13.1. The minimum atomic E-state index is -0.473. The van der Waals surface area contributed by atoms with E-state index in [4.69, 9.17) is 4.74 Å². The summed E-state index contributed by atoms with van der Waals surface area (Å²) in [7, 11) is 0. The summed E-state index contributed by atoms with van der Waals surface area (Å²) >= 11 is 0. The second-order valence-electron chi connectivity index (χ2n) is 7.49. The van der Waals surface area contributed by atoms with Gasteiger partial charge in [0, 0.05) is 19.5 Å². The van der Waals surface area contributed by atoms with Crippen molar-refractivity contribution in [1.29, 1.82) is 0 Å². The molecule has 2 rings (SSSR count). The van der Waals surface area contributed by atoms with Crippen LogP contribution >= 0.6 is 0 Å². The van der Waals surface area contributed by atoms with Gasteiger partial charge in [-0.15, -0.1) is 0 Å². The van der Waals surface area contributed by atoms with Crippen LogP contribution < -0.4 is 10.1 Å². The lowest BCUT2D eigenvalue weighted by Gasteiger charge is -2.31. The van der Waals surface area contributed by atoms with E-state index < -0.39 is 6.04 Å². The number of carbonyl (C=O) groups excluding carboxylic acids is 2. The highest BCUT2D eigenvalue weighted by Gasteiger charge is 2.28. The van der Waals surface area contributed by atoms with Crippen LogP contribution in [0.25, 0.3) is 0 Å². The smallest absolute Gasteiger partial charge is 0.242 e. The monoisotopic (exact) mass is 410 g/mol. The highest BCUT2D eigenvalue weighted by atomic mass is 16.5. The molecule has 5 nitrogen and oxygen atoms in total. The van der Waals surface area contributed by atoms with Gasteiger partial charge in [0.15, 0.2) is 0 Å². The van der Waals surface area contributed by atoms with Crippen LogP contribution in [0.4, 0.5) is 0 Å². The van der Waals surface area contributed by atoms with Gasteiger partial charge in [-0.3, -0.25) is 9.59 Å². The number of carbonyl (C=O) groups is 2. The first-order valence-corrected chi connectivity index (χ1v) is 10.9. The number of aryl methyl sites for hydroxylation is 1. The normalized spacial score (nSPS) is 11.6. The van der Waals surface area contributed by atoms with Gasteiger partial charge in [-0.05, 0) is 43.9 Å². The molecule has 2 aromatic rings. The molecule has 0 heterocycles. The van der Waals surface area contributed by atoms with Gasteiger partial charge in [-0.1, -0.05) is 61.9 Å². The van der Waals surface area contributed by atoms with Crippen LogP contribution in [0.15, 0.2) is 54.6 Å². The summed E-state index contributed by atoms with van der Waals surface area (Å²) in [4.78, 5) is 27.6. The van der Waals surface area contributed by atoms with Gasteiger partial charge in [0.1, 0.15) is 11.8 Å². The molecule has 1 N–H and O–H groups in total. The number of ether oxygens (including phenoxy) is 1. The first kappa shape index (κ1) is 23.5. The molecule has 2 amide bonds. The summed E-state index contributed by atoms with van der Waals surface area (Å²) < 4.78 is 5.71. The van der Waals surface area contributed by atoms with E-state index in [0.717, 1.165) is 23.3 Å². The average Bonchev–Trinajstić information content (AvgIpc) is 2.75. The van der Waals surface area contributed by atoms with Crippen molar-refractivity contribution in [2.24, 2.45) is 0 Å². The summed E-state index contributed by atoms with van der Waals surface area (Å²) in [6.07, 6.45) is 2.39. The molecular weight excluding hydrogens is 376 g/mol. The Balaban J connectivity index is 2.04. The molecule has 0 aliphatic heterocycles. The van der Waals surface area contributed by atoms with Crippen molar-refractivity contribution >= 4 is 11.8 Å². The Hall–Kier alpha value is -2.82. The number of amides is 2. The standard InChI is InChI=1S/C25H34N2O3/c1-4-16-26-25(29)23(5-2)27(19-21-12-9-11-20(3)18-21)24(28)15-10-17-30-22-13-7-6-8-14-22/h6-9,11-14,18,23H,4-5,10,15-17,19H2,1-3H3,(H,26,29)/t23-/m1/s1. The quantitative estimate of drug-likeness (QED) is 0.525. The van der Waals surface area contributed by atoms with Crippen molar-refractivity contribution in [1.82, 2.24) is 10.2 Å². The first-order valence-electron chi connectivity index (χ1n) is 10.9. The molecule has 30 heavy (non-hydrogen) atoms. The van der Waals surface area contributed by atoms with E-state index in [-0.39, 0.29) is 11.8 Å². The second kappa shape index (κ2) is 12.7. The summed E-state index contributed by atoms with van der Waals surface area (Å²) in [5.74, 6) is 0.694. The lowest BCUT2D eigenvalue weighted by atomic mass is 10.1. The Kier molecular flexibility index (Phi) is 9.92. The Morgan fingerprint density at radius 2 is 1.83 bits per heavy atom. The molecule has 0 saturated heterocycles. The third kappa shape index (κ3) is 7.54. The van der Waals surface area contributed by atoms with Gasteiger partial charge in [0.05, 0.1) is 6.61 Å². The largest absolute Gasteiger partial charge is 0.494 e. The highest BCUT2D eigenvalue weighted by Crippen LogP contribution is 2.16. The summed E-state index contributed by atoms with van der Waals surface area (Å²) in [6, 6.07) is 17.2. The van der Waals surface area contributed by atoms with Crippen molar-refractivity contribution in [2.45, 2.75) is 59.0 Å². The zero-order valence-corrected chi connectivity index (χ0v) is 18.4. The van der Waals surface area contributed by atoms with E-state index in [9.17, 15) is 9.59 Å². The van der Waals surface area contributed by atoms with Gasteiger partial charge in [0.2, 0.25) is 11.8 Å². The molecule has 0 aliphatic carbocycles. The molecular formula is C25H34N2O3. The fourth-order valence-corrected chi connectivity index (χ4v) is 3.37. The van der Waals surface area contributed by atoms with Gasteiger partial charge in [-0.2, -0.15) is 0 Å². The van der Waals surface area contributed by atoms with Gasteiger partial charge < -0.3 is 15.0 Å². The summed E-state index contributed by atoms with van der Waals surface area (Å²) in [5, 5.41) is 2.95. The molecule has 0 radical (unpaired) electrons. The molecule has 0 unspecified atom stereocenters. The molecule has 0 aliphatic rings. The number of para-hydroxylation sites is 1. The minimum absolute atomic E-state index is 0.0216. The molecule has 162 valence electrons. The van der Waals surface area contributed by atoms with Crippen LogP contribution in [0.1, 0.15) is 50.7 Å². The van der Waals surface area contributed by atoms with E-state index in [1.165, 1.54) is 0 Å². The van der Waals surface area contributed by atoms with E-state index in [1.807, 2.05) is 69.3 Å². The summed E-state index contributed by atoms with van der Waals surface area (Å²) in [6.45, 7) is 7.51. The number of nitrogens with zero attached hydrogens (tertiary/aromatic N) is 1. The molecule has 0 fully saturated rings. The van der Waals surface area contributed by atoms with Crippen molar-refractivity contribution in [3.05, 3.63) is 65.7 Å². The zero-order chi connectivity index (χ0) is 21.8. The second-order valence-corrected chi connectivity index (χ2v) is 7.49. The Labute approximate surface area is 180 Å². The fourth-order valence-electron chi connectivity index (χ4n) is 3.37. The van der Waals surface area contributed by atoms with E-state index >= 15 is 0 Å². The first-order chi connectivity index (χ1) is 14.5. The van der Waals surface area contributed by atoms with E-state index in [0.29, 0.717) is 39.0 Å². The summed E-state index contributed by atoms with van der Waals surface area (Å²) in [5.41, 5.74) is 2.17. The SMILES string of the molecule is CCCNC(=O)[C@@H](CC)N(Cc1cccc(C)c1)C(=O)CCCOc1ccccc1. The Bertz CT molecular complexity index is 792. The van der Waals surface area contributed by atoms with E-state index in [2.05, 4.69) is 11.4 Å².